The van der Waals surface area contributed by atoms with Gasteiger partial charge in [-0.05, 0) is 48.9 Å². The lowest BCUT2D eigenvalue weighted by molar-refractivity contribution is -0.384. The van der Waals surface area contributed by atoms with Gasteiger partial charge in [-0.2, -0.15) is 0 Å². The van der Waals surface area contributed by atoms with Gasteiger partial charge in [0.05, 0.1) is 31.9 Å². The smallest absolute Gasteiger partial charge is 0.338 e. The number of hydrogen-bond donors (Lipinski definition) is 1. The average molecular weight is 591 g/mol. The van der Waals surface area contributed by atoms with Crippen LogP contribution in [0.15, 0.2) is 76.4 Å². The van der Waals surface area contributed by atoms with Gasteiger partial charge in [-0.1, -0.05) is 41.4 Å². The van der Waals surface area contributed by atoms with Crippen molar-refractivity contribution in [1.29, 1.82) is 0 Å². The lowest BCUT2D eigenvalue weighted by Crippen LogP contribution is -2.23. The Labute approximate surface area is 232 Å². The van der Waals surface area contributed by atoms with Crippen molar-refractivity contribution >= 4 is 50.6 Å². The molecule has 0 bridgehead atoms. The van der Waals surface area contributed by atoms with Gasteiger partial charge in [-0.3, -0.25) is 24.3 Å². The highest BCUT2D eigenvalue weighted by Gasteiger charge is 2.27. The second-order valence-corrected chi connectivity index (χ2v) is 10.7. The van der Waals surface area contributed by atoms with Crippen molar-refractivity contribution in [3.8, 4) is 5.69 Å². The number of para-hydroxylation sites is 1. The second-order valence-electron chi connectivity index (χ2n) is 8.31. The Morgan fingerprint density at radius 1 is 1.08 bits per heavy atom. The Bertz CT molecular complexity index is 1750. The van der Waals surface area contributed by atoms with Crippen LogP contribution >= 0.6 is 23.2 Å². The molecule has 0 unspecified atom stereocenters. The summed E-state index contributed by atoms with van der Waals surface area (Å²) in [6.07, 6.45) is 0. The number of hydrogen-bond acceptors (Lipinski definition) is 7. The fourth-order valence-corrected chi connectivity index (χ4v) is 5.63. The molecule has 0 aliphatic rings. The van der Waals surface area contributed by atoms with Crippen molar-refractivity contribution in [3.63, 3.8) is 0 Å². The molecule has 11 nitrogen and oxygen atoms in total. The molecule has 4 rings (SSSR count). The van der Waals surface area contributed by atoms with Crippen LogP contribution in [0.3, 0.4) is 0 Å². The molecular weight excluding hydrogens is 571 g/mol. The lowest BCUT2D eigenvalue weighted by Gasteiger charge is -2.12. The normalized spacial score (nSPS) is 11.3. The van der Waals surface area contributed by atoms with E-state index in [1.165, 1.54) is 33.6 Å². The third-order valence-corrected chi connectivity index (χ3v) is 8.12. The predicted molar refractivity (Wildman–Crippen MR) is 145 cm³/mol. The van der Waals surface area contributed by atoms with E-state index in [0.29, 0.717) is 16.9 Å². The highest BCUT2D eigenvalue weighted by molar-refractivity contribution is 7.92. The molecule has 0 spiro atoms. The number of rotatable bonds is 8. The van der Waals surface area contributed by atoms with E-state index < -0.39 is 31.4 Å². The van der Waals surface area contributed by atoms with Crippen molar-refractivity contribution in [2.75, 3.05) is 4.72 Å². The van der Waals surface area contributed by atoms with E-state index >= 15 is 0 Å². The number of nitrogens with one attached hydrogen (secondary N) is 1. The number of carbonyl (C=O) groups is 1. The van der Waals surface area contributed by atoms with Gasteiger partial charge in [0.15, 0.2) is 0 Å². The lowest BCUT2D eigenvalue weighted by atomic mass is 10.2. The summed E-state index contributed by atoms with van der Waals surface area (Å²) in [6.45, 7) is 1.33. The number of nitro groups is 1. The van der Waals surface area contributed by atoms with Crippen LogP contribution in [0.2, 0.25) is 10.0 Å². The molecule has 14 heteroatoms. The summed E-state index contributed by atoms with van der Waals surface area (Å²) in [7, 11) is -2.89. The van der Waals surface area contributed by atoms with Gasteiger partial charge in [0.2, 0.25) is 0 Å². The Hall–Kier alpha value is -4.13. The van der Waals surface area contributed by atoms with E-state index in [1.54, 1.807) is 44.3 Å². The number of anilines is 1. The fourth-order valence-electron chi connectivity index (χ4n) is 3.70. The minimum Gasteiger partial charge on any atom is -0.457 e. The molecule has 0 aliphatic heterocycles. The van der Waals surface area contributed by atoms with E-state index in [9.17, 15) is 28.1 Å². The second kappa shape index (κ2) is 10.9. The standard InChI is InChI=1S/C25H20Cl2N4O7S/c1-15-23(24(32)30(29(15)2)18-6-4-3-5-7-18)28-39(36,37)21-13-17(12-20(26)22(21)27)25(33)38-14-16-8-10-19(11-9-16)31(34)35/h3-13,28H,14H2,1-2H3. The molecule has 3 aromatic carbocycles. The van der Waals surface area contributed by atoms with Crippen molar-refractivity contribution < 1.29 is 22.9 Å². The van der Waals surface area contributed by atoms with E-state index in [0.717, 1.165) is 12.1 Å². The van der Waals surface area contributed by atoms with Crippen molar-refractivity contribution in [2.45, 2.75) is 18.4 Å². The van der Waals surface area contributed by atoms with Gasteiger partial charge in [-0.15, -0.1) is 0 Å². The highest BCUT2D eigenvalue weighted by Crippen LogP contribution is 2.32. The van der Waals surface area contributed by atoms with Crippen molar-refractivity contribution in [3.05, 3.63) is 114 Å². The van der Waals surface area contributed by atoms with Crippen molar-refractivity contribution in [2.24, 2.45) is 7.05 Å². The average Bonchev–Trinajstić information content (AvgIpc) is 3.11. The maximum absolute atomic E-state index is 13.4. The SMILES string of the molecule is Cc1c(NS(=O)(=O)c2cc(C(=O)OCc3ccc([N+](=O)[O-])cc3)cc(Cl)c2Cl)c(=O)n(-c2ccccc2)n1C. The fraction of sp³-hybridized carbons (Fsp3) is 0.120. The molecule has 0 amide bonds. The molecule has 4 aromatic rings. The molecule has 0 radical (unpaired) electrons. The number of benzene rings is 3. The summed E-state index contributed by atoms with van der Waals surface area (Å²) in [5.74, 6) is -0.911. The van der Waals surface area contributed by atoms with Crippen LogP contribution in [-0.2, 0) is 28.4 Å². The molecule has 1 aromatic heterocycles. The molecule has 202 valence electrons. The summed E-state index contributed by atoms with van der Waals surface area (Å²) in [4.78, 5) is 35.6. The zero-order valence-electron chi connectivity index (χ0n) is 20.4. The van der Waals surface area contributed by atoms with E-state index in [2.05, 4.69) is 4.72 Å². The van der Waals surface area contributed by atoms with Crippen LogP contribution in [0.1, 0.15) is 21.6 Å². The summed E-state index contributed by atoms with van der Waals surface area (Å²) >= 11 is 12.3. The van der Waals surface area contributed by atoms with Gasteiger partial charge in [0, 0.05) is 19.2 Å². The first-order valence-corrected chi connectivity index (χ1v) is 13.4. The number of sulfonamides is 1. The molecule has 0 saturated heterocycles. The van der Waals surface area contributed by atoms with Gasteiger partial charge < -0.3 is 4.74 Å². The number of nitro benzene ring substituents is 1. The third-order valence-electron chi connectivity index (χ3n) is 5.83. The first-order chi connectivity index (χ1) is 18.4. The van der Waals surface area contributed by atoms with Gasteiger partial charge in [-0.25, -0.2) is 17.9 Å². The van der Waals surface area contributed by atoms with E-state index in [4.69, 9.17) is 27.9 Å². The summed E-state index contributed by atoms with van der Waals surface area (Å²) in [5.41, 5.74) is 0.160. The van der Waals surface area contributed by atoms with Crippen LogP contribution in [0.25, 0.3) is 5.69 Å². The minimum absolute atomic E-state index is 0.124. The Morgan fingerprint density at radius 3 is 2.33 bits per heavy atom. The van der Waals surface area contributed by atoms with Gasteiger partial charge in [0.1, 0.15) is 17.2 Å². The van der Waals surface area contributed by atoms with E-state index in [1.807, 2.05) is 0 Å². The van der Waals surface area contributed by atoms with Crippen LogP contribution in [0, 0.1) is 17.0 Å². The number of esters is 1. The molecule has 1 N–H and O–H groups in total. The zero-order valence-corrected chi connectivity index (χ0v) is 22.7. The maximum atomic E-state index is 13.4. The quantitative estimate of drug-likeness (QED) is 0.175. The first-order valence-electron chi connectivity index (χ1n) is 11.2. The van der Waals surface area contributed by atoms with E-state index in [-0.39, 0.29) is 33.6 Å². The van der Waals surface area contributed by atoms with Gasteiger partial charge >= 0.3 is 5.97 Å². The molecule has 0 atom stereocenters. The molecule has 0 aliphatic carbocycles. The number of halogens is 2. The summed E-state index contributed by atoms with van der Waals surface area (Å²) in [5, 5.41) is 10.2. The van der Waals surface area contributed by atoms with Gasteiger partial charge in [0.25, 0.3) is 21.3 Å². The monoisotopic (exact) mass is 590 g/mol. The van der Waals surface area contributed by atoms with Crippen molar-refractivity contribution in [1.82, 2.24) is 9.36 Å². The summed E-state index contributed by atoms with van der Waals surface area (Å²) < 4.78 is 37.0. The van der Waals surface area contributed by atoms with Crippen LogP contribution in [-0.4, -0.2) is 28.7 Å². The number of nitrogens with zero attached hydrogens (tertiary/aromatic N) is 3. The Balaban J connectivity index is 1.62. The van der Waals surface area contributed by atoms with Crippen LogP contribution in [0.4, 0.5) is 11.4 Å². The van der Waals surface area contributed by atoms with Crippen LogP contribution in [0.5, 0.6) is 0 Å². The molecule has 0 saturated carbocycles. The minimum atomic E-state index is -4.50. The first kappa shape index (κ1) is 27.9. The number of carbonyl (C=O) groups excluding carboxylic acids is 1. The molecule has 1 heterocycles. The Morgan fingerprint density at radius 2 is 1.72 bits per heavy atom. The Kier molecular flexibility index (Phi) is 7.82. The number of non-ortho nitro benzene ring substituents is 1. The predicted octanol–water partition coefficient (Wildman–Crippen LogP) is 4.86. The largest absolute Gasteiger partial charge is 0.457 e. The zero-order chi connectivity index (χ0) is 28.5. The summed E-state index contributed by atoms with van der Waals surface area (Å²) in [6, 6.07) is 16.2. The molecule has 39 heavy (non-hydrogen) atoms. The topological polar surface area (TPSA) is 143 Å². The third kappa shape index (κ3) is 5.67. The molecule has 0 fully saturated rings. The highest BCUT2D eigenvalue weighted by atomic mass is 35.5. The molecular formula is C25H20Cl2N4O7S. The maximum Gasteiger partial charge on any atom is 0.338 e. The number of aromatic nitrogens is 2. The number of ether oxygens (including phenoxy) is 1. The van der Waals surface area contributed by atoms with Crippen LogP contribution < -0.4 is 10.3 Å².